The first kappa shape index (κ1) is 14.3. The fraction of sp³-hybridized carbons (Fsp3) is 0.150. The normalized spacial score (nSPS) is 17.4. The van der Waals surface area contributed by atoms with Crippen LogP contribution in [-0.4, -0.2) is 13.0 Å². The van der Waals surface area contributed by atoms with Gasteiger partial charge < -0.3 is 4.90 Å². The Hall–Kier alpha value is -2.32. The van der Waals surface area contributed by atoms with Gasteiger partial charge in [0.25, 0.3) is 0 Å². The maximum absolute atomic E-state index is 12.5. The predicted octanol–water partition coefficient (Wildman–Crippen LogP) is 4.99. The summed E-state index contributed by atoms with van der Waals surface area (Å²) in [6, 6.07) is 20.3. The van der Waals surface area contributed by atoms with Crippen LogP contribution in [0.5, 0.6) is 0 Å². The zero-order chi connectivity index (χ0) is 16.0. The van der Waals surface area contributed by atoms with E-state index in [1.54, 1.807) is 4.90 Å². The molecule has 3 heteroatoms. The number of nitrogens with zero attached hydrogens (tertiary/aromatic N) is 1. The lowest BCUT2D eigenvalue weighted by Gasteiger charge is -2.33. The van der Waals surface area contributed by atoms with Gasteiger partial charge in [-0.15, -0.1) is 0 Å². The molecule has 1 heterocycles. The smallest absolute Gasteiger partial charge is 0.227 e. The van der Waals surface area contributed by atoms with Gasteiger partial charge in [-0.3, -0.25) is 4.79 Å². The number of anilines is 1. The topological polar surface area (TPSA) is 20.3 Å². The number of carbonyl (C=O) groups excluding carboxylic acids is 1. The van der Waals surface area contributed by atoms with E-state index in [0.717, 1.165) is 11.3 Å². The average Bonchev–Trinajstić information content (AvgIpc) is 2.57. The van der Waals surface area contributed by atoms with Gasteiger partial charge in [-0.05, 0) is 40.1 Å². The van der Waals surface area contributed by atoms with Crippen LogP contribution in [0, 0.1) is 0 Å². The van der Waals surface area contributed by atoms with Crippen LogP contribution in [-0.2, 0) is 4.79 Å². The van der Waals surface area contributed by atoms with Crippen molar-refractivity contribution in [2.75, 3.05) is 11.9 Å². The molecular formula is C20H16ClNO. The van der Waals surface area contributed by atoms with E-state index < -0.39 is 0 Å². The van der Waals surface area contributed by atoms with Gasteiger partial charge in [0.1, 0.15) is 0 Å². The van der Waals surface area contributed by atoms with E-state index in [0.29, 0.717) is 11.4 Å². The summed E-state index contributed by atoms with van der Waals surface area (Å²) in [5, 5.41) is 3.10. The van der Waals surface area contributed by atoms with Crippen molar-refractivity contribution >= 4 is 34.0 Å². The first-order valence-corrected chi connectivity index (χ1v) is 8.06. The van der Waals surface area contributed by atoms with Crippen LogP contribution < -0.4 is 4.90 Å². The lowest BCUT2D eigenvalue weighted by atomic mass is 9.81. The zero-order valence-electron chi connectivity index (χ0n) is 12.8. The molecule has 4 rings (SSSR count). The predicted molar refractivity (Wildman–Crippen MR) is 95.3 cm³/mol. The summed E-state index contributed by atoms with van der Waals surface area (Å²) in [6.07, 6.45) is 0.470. The van der Waals surface area contributed by atoms with Crippen molar-refractivity contribution in [1.29, 1.82) is 0 Å². The van der Waals surface area contributed by atoms with Gasteiger partial charge in [-0.25, -0.2) is 0 Å². The lowest BCUT2D eigenvalue weighted by molar-refractivity contribution is -0.118. The Balaban J connectivity index is 2.02. The molecule has 3 aromatic rings. The standard InChI is InChI=1S/C20H16ClNO/c1-22-18-10-9-13-5-2-3-8-16(13)20(18)17(12-19(22)23)14-6-4-7-15(21)11-14/h2-11,17H,12H2,1H3. The van der Waals surface area contributed by atoms with Gasteiger partial charge in [0.15, 0.2) is 0 Å². The summed E-state index contributed by atoms with van der Waals surface area (Å²) in [7, 11) is 1.85. The molecule has 0 aromatic heterocycles. The van der Waals surface area contributed by atoms with Crippen LogP contribution in [0.15, 0.2) is 60.7 Å². The third kappa shape index (κ3) is 2.30. The Kier molecular flexibility index (Phi) is 3.35. The van der Waals surface area contributed by atoms with E-state index in [-0.39, 0.29) is 11.8 Å². The minimum Gasteiger partial charge on any atom is -0.315 e. The average molecular weight is 322 g/mol. The molecule has 0 N–H and O–H groups in total. The van der Waals surface area contributed by atoms with Crippen molar-refractivity contribution in [2.45, 2.75) is 12.3 Å². The van der Waals surface area contributed by atoms with E-state index in [1.165, 1.54) is 16.3 Å². The second-order valence-corrected chi connectivity index (χ2v) is 6.42. The SMILES string of the molecule is CN1C(=O)CC(c2cccc(Cl)c2)c2c1ccc1ccccc21. The number of fused-ring (bicyclic) bond motifs is 3. The third-order valence-electron chi connectivity index (χ3n) is 4.66. The van der Waals surface area contributed by atoms with E-state index in [1.807, 2.05) is 43.4 Å². The molecule has 1 amide bonds. The lowest BCUT2D eigenvalue weighted by Crippen LogP contribution is -2.33. The number of halogens is 1. The molecule has 1 unspecified atom stereocenters. The molecule has 2 nitrogen and oxygen atoms in total. The minimum absolute atomic E-state index is 0.0403. The molecule has 0 fully saturated rings. The highest BCUT2D eigenvalue weighted by Gasteiger charge is 2.31. The van der Waals surface area contributed by atoms with Gasteiger partial charge in [0.2, 0.25) is 5.91 Å². The van der Waals surface area contributed by atoms with Gasteiger partial charge in [-0.2, -0.15) is 0 Å². The maximum Gasteiger partial charge on any atom is 0.227 e. The summed E-state index contributed by atoms with van der Waals surface area (Å²) >= 11 is 6.18. The van der Waals surface area contributed by atoms with Crippen molar-refractivity contribution in [3.05, 3.63) is 76.8 Å². The summed E-state index contributed by atoms with van der Waals surface area (Å²) in [4.78, 5) is 14.2. The summed E-state index contributed by atoms with van der Waals surface area (Å²) in [5.41, 5.74) is 3.30. The fourth-order valence-electron chi connectivity index (χ4n) is 3.50. The molecule has 114 valence electrons. The van der Waals surface area contributed by atoms with E-state index in [4.69, 9.17) is 11.6 Å². The Morgan fingerprint density at radius 2 is 1.87 bits per heavy atom. The monoisotopic (exact) mass is 321 g/mol. The van der Waals surface area contributed by atoms with Gasteiger partial charge in [0, 0.05) is 30.1 Å². The number of hydrogen-bond acceptors (Lipinski definition) is 1. The molecule has 1 atom stereocenters. The van der Waals surface area contributed by atoms with E-state index in [2.05, 4.69) is 24.3 Å². The quantitative estimate of drug-likeness (QED) is 0.618. The first-order chi connectivity index (χ1) is 11.1. The van der Waals surface area contributed by atoms with Crippen LogP contribution in [0.3, 0.4) is 0 Å². The highest BCUT2D eigenvalue weighted by atomic mass is 35.5. The van der Waals surface area contributed by atoms with Gasteiger partial charge >= 0.3 is 0 Å². The van der Waals surface area contributed by atoms with Crippen LogP contribution in [0.25, 0.3) is 10.8 Å². The Morgan fingerprint density at radius 3 is 2.70 bits per heavy atom. The second-order valence-electron chi connectivity index (χ2n) is 5.98. The van der Waals surface area contributed by atoms with Crippen molar-refractivity contribution in [3.63, 3.8) is 0 Å². The molecule has 23 heavy (non-hydrogen) atoms. The number of carbonyl (C=O) groups is 1. The summed E-state index contributed by atoms with van der Waals surface area (Å²) < 4.78 is 0. The number of amides is 1. The number of rotatable bonds is 1. The molecule has 3 aromatic carbocycles. The van der Waals surface area contributed by atoms with Crippen molar-refractivity contribution in [2.24, 2.45) is 0 Å². The second kappa shape index (κ2) is 5.39. The van der Waals surface area contributed by atoms with Crippen molar-refractivity contribution in [3.8, 4) is 0 Å². The summed E-state index contributed by atoms with van der Waals surface area (Å²) in [5.74, 6) is 0.177. The zero-order valence-corrected chi connectivity index (χ0v) is 13.5. The third-order valence-corrected chi connectivity index (χ3v) is 4.90. The minimum atomic E-state index is 0.0403. The summed E-state index contributed by atoms with van der Waals surface area (Å²) in [6.45, 7) is 0. The van der Waals surface area contributed by atoms with Crippen LogP contribution >= 0.6 is 11.6 Å². The Labute approximate surface area is 140 Å². The van der Waals surface area contributed by atoms with Gasteiger partial charge in [-0.1, -0.05) is 54.1 Å². The fourth-order valence-corrected chi connectivity index (χ4v) is 3.70. The van der Waals surface area contributed by atoms with E-state index >= 15 is 0 Å². The molecule has 0 spiro atoms. The molecule has 0 saturated heterocycles. The molecule has 1 aliphatic heterocycles. The molecule has 0 bridgehead atoms. The molecule has 0 aliphatic carbocycles. The first-order valence-electron chi connectivity index (χ1n) is 7.69. The highest BCUT2D eigenvalue weighted by Crippen LogP contribution is 2.43. The van der Waals surface area contributed by atoms with Crippen molar-refractivity contribution in [1.82, 2.24) is 0 Å². The van der Waals surface area contributed by atoms with Crippen LogP contribution in [0.2, 0.25) is 5.02 Å². The van der Waals surface area contributed by atoms with E-state index in [9.17, 15) is 4.79 Å². The molecule has 0 saturated carbocycles. The molecule has 0 radical (unpaired) electrons. The largest absolute Gasteiger partial charge is 0.315 e. The number of benzene rings is 3. The van der Waals surface area contributed by atoms with Crippen LogP contribution in [0.1, 0.15) is 23.5 Å². The van der Waals surface area contributed by atoms with Crippen LogP contribution in [0.4, 0.5) is 5.69 Å². The van der Waals surface area contributed by atoms with Gasteiger partial charge in [0.05, 0.1) is 0 Å². The Morgan fingerprint density at radius 1 is 1.04 bits per heavy atom. The molecule has 1 aliphatic rings. The molecular weight excluding hydrogens is 306 g/mol. The maximum atomic E-state index is 12.5. The van der Waals surface area contributed by atoms with Crippen molar-refractivity contribution < 1.29 is 4.79 Å². The number of hydrogen-bond donors (Lipinski definition) is 0. The Bertz CT molecular complexity index is 918. The highest BCUT2D eigenvalue weighted by molar-refractivity contribution is 6.30.